The predicted octanol–water partition coefficient (Wildman–Crippen LogP) is 1.46. The fourth-order valence-corrected chi connectivity index (χ4v) is 3.42. The van der Waals surface area contributed by atoms with Gasteiger partial charge in [0.2, 0.25) is 0 Å². The van der Waals surface area contributed by atoms with Gasteiger partial charge < -0.3 is 10.1 Å². The SMILES string of the molecule is CNCC1CN(C2CCc3ccccc3C2)CCO1. The summed E-state index contributed by atoms with van der Waals surface area (Å²) in [5.41, 5.74) is 3.11. The van der Waals surface area contributed by atoms with Crippen molar-refractivity contribution >= 4 is 0 Å². The van der Waals surface area contributed by atoms with Gasteiger partial charge >= 0.3 is 0 Å². The Labute approximate surface area is 115 Å². The summed E-state index contributed by atoms with van der Waals surface area (Å²) in [6.07, 6.45) is 4.09. The number of nitrogens with zero attached hydrogens (tertiary/aromatic N) is 1. The molecule has 0 bridgehead atoms. The molecule has 0 saturated carbocycles. The Morgan fingerprint density at radius 2 is 2.16 bits per heavy atom. The second-order valence-corrected chi connectivity index (χ2v) is 5.71. The first-order valence-corrected chi connectivity index (χ1v) is 7.44. The second-order valence-electron chi connectivity index (χ2n) is 5.71. The molecule has 19 heavy (non-hydrogen) atoms. The van der Waals surface area contributed by atoms with Crippen LogP contribution >= 0.6 is 0 Å². The van der Waals surface area contributed by atoms with Gasteiger partial charge in [-0.1, -0.05) is 24.3 Å². The lowest BCUT2D eigenvalue weighted by Gasteiger charge is -2.40. The Hall–Kier alpha value is -0.900. The topological polar surface area (TPSA) is 24.5 Å². The van der Waals surface area contributed by atoms with E-state index in [-0.39, 0.29) is 0 Å². The third-order valence-electron chi connectivity index (χ3n) is 4.44. The van der Waals surface area contributed by atoms with Crippen molar-refractivity contribution in [3.63, 3.8) is 0 Å². The third kappa shape index (κ3) is 2.99. The molecular formula is C16H24N2O. The number of rotatable bonds is 3. The molecule has 1 aromatic rings. The average molecular weight is 260 g/mol. The van der Waals surface area contributed by atoms with Gasteiger partial charge in [0.15, 0.2) is 0 Å². The molecule has 0 radical (unpaired) electrons. The summed E-state index contributed by atoms with van der Waals surface area (Å²) in [7, 11) is 2.00. The molecule has 1 saturated heterocycles. The monoisotopic (exact) mass is 260 g/mol. The zero-order valence-corrected chi connectivity index (χ0v) is 11.8. The highest BCUT2D eigenvalue weighted by Gasteiger charge is 2.28. The Morgan fingerprint density at radius 1 is 1.32 bits per heavy atom. The van der Waals surface area contributed by atoms with Crippen molar-refractivity contribution in [3.8, 4) is 0 Å². The van der Waals surface area contributed by atoms with E-state index in [4.69, 9.17) is 4.74 Å². The van der Waals surface area contributed by atoms with Crippen LogP contribution in [0.25, 0.3) is 0 Å². The number of aryl methyl sites for hydroxylation is 1. The maximum Gasteiger partial charge on any atom is 0.0826 e. The molecule has 2 atom stereocenters. The van der Waals surface area contributed by atoms with Gasteiger partial charge in [-0.3, -0.25) is 4.90 Å². The van der Waals surface area contributed by atoms with Crippen molar-refractivity contribution in [1.82, 2.24) is 10.2 Å². The van der Waals surface area contributed by atoms with Gasteiger partial charge in [-0.15, -0.1) is 0 Å². The van der Waals surface area contributed by atoms with Crippen LogP contribution in [0.1, 0.15) is 17.5 Å². The lowest BCUT2D eigenvalue weighted by atomic mass is 9.87. The molecule has 1 N–H and O–H groups in total. The first kappa shape index (κ1) is 13.1. The number of morpholine rings is 1. The highest BCUT2D eigenvalue weighted by molar-refractivity contribution is 5.30. The van der Waals surface area contributed by atoms with Gasteiger partial charge in [-0.05, 0) is 37.4 Å². The van der Waals surface area contributed by atoms with Crippen molar-refractivity contribution in [3.05, 3.63) is 35.4 Å². The van der Waals surface area contributed by atoms with Gasteiger partial charge in [0.05, 0.1) is 12.7 Å². The number of likely N-dealkylation sites (N-methyl/N-ethyl adjacent to an activating group) is 1. The first-order valence-electron chi connectivity index (χ1n) is 7.44. The van der Waals surface area contributed by atoms with Crippen molar-refractivity contribution in [2.75, 3.05) is 33.3 Å². The largest absolute Gasteiger partial charge is 0.374 e. The quantitative estimate of drug-likeness (QED) is 0.890. The molecule has 0 spiro atoms. The molecule has 2 aliphatic rings. The lowest BCUT2D eigenvalue weighted by Crippen LogP contribution is -2.51. The van der Waals surface area contributed by atoms with E-state index in [9.17, 15) is 0 Å². The number of fused-ring (bicyclic) bond motifs is 1. The highest BCUT2D eigenvalue weighted by Crippen LogP contribution is 2.25. The van der Waals surface area contributed by atoms with E-state index in [1.807, 2.05) is 7.05 Å². The highest BCUT2D eigenvalue weighted by atomic mass is 16.5. The minimum Gasteiger partial charge on any atom is -0.374 e. The summed E-state index contributed by atoms with van der Waals surface area (Å²) >= 11 is 0. The van der Waals surface area contributed by atoms with E-state index in [0.29, 0.717) is 12.1 Å². The minimum absolute atomic E-state index is 0.357. The van der Waals surface area contributed by atoms with Crippen LogP contribution in [0.3, 0.4) is 0 Å². The molecule has 104 valence electrons. The summed E-state index contributed by atoms with van der Waals surface area (Å²) in [4.78, 5) is 2.64. The number of ether oxygens (including phenoxy) is 1. The molecule has 1 aromatic carbocycles. The van der Waals surface area contributed by atoms with Crippen LogP contribution in [-0.2, 0) is 17.6 Å². The summed E-state index contributed by atoms with van der Waals surface area (Å²) in [5, 5.41) is 3.22. The number of benzene rings is 1. The van der Waals surface area contributed by atoms with Gasteiger partial charge in [-0.2, -0.15) is 0 Å². The smallest absolute Gasteiger partial charge is 0.0826 e. The van der Waals surface area contributed by atoms with Crippen molar-refractivity contribution in [2.45, 2.75) is 31.4 Å². The maximum absolute atomic E-state index is 5.80. The lowest BCUT2D eigenvalue weighted by molar-refractivity contribution is -0.0429. The normalized spacial score (nSPS) is 28.1. The zero-order valence-electron chi connectivity index (χ0n) is 11.8. The van der Waals surface area contributed by atoms with Crippen molar-refractivity contribution in [2.24, 2.45) is 0 Å². The standard InChI is InChI=1S/C16H24N2O/c1-17-11-16-12-18(8-9-19-16)15-7-6-13-4-2-3-5-14(13)10-15/h2-5,15-17H,6-12H2,1H3. The fraction of sp³-hybridized carbons (Fsp3) is 0.625. The van der Waals surface area contributed by atoms with Crippen LogP contribution in [0.2, 0.25) is 0 Å². The Bertz CT molecular complexity index is 419. The zero-order chi connectivity index (χ0) is 13.1. The van der Waals surface area contributed by atoms with Gasteiger partial charge in [0, 0.05) is 25.7 Å². The summed E-state index contributed by atoms with van der Waals surface area (Å²) in [5.74, 6) is 0. The molecule has 1 fully saturated rings. The molecule has 0 amide bonds. The van der Waals surface area contributed by atoms with Crippen LogP contribution in [-0.4, -0.2) is 50.3 Å². The summed E-state index contributed by atoms with van der Waals surface area (Å²) < 4.78 is 5.80. The third-order valence-corrected chi connectivity index (χ3v) is 4.44. The first-order chi connectivity index (χ1) is 9.36. The van der Waals surface area contributed by atoms with Crippen LogP contribution in [0, 0.1) is 0 Å². The van der Waals surface area contributed by atoms with Crippen LogP contribution in [0.15, 0.2) is 24.3 Å². The molecule has 3 rings (SSSR count). The van der Waals surface area contributed by atoms with E-state index < -0.39 is 0 Å². The summed E-state index contributed by atoms with van der Waals surface area (Å²) in [6.45, 7) is 4.00. The minimum atomic E-state index is 0.357. The molecule has 0 aromatic heterocycles. The van der Waals surface area contributed by atoms with E-state index in [2.05, 4.69) is 34.5 Å². The molecule has 2 unspecified atom stereocenters. The Kier molecular flexibility index (Phi) is 4.16. The second kappa shape index (κ2) is 6.04. The summed E-state index contributed by atoms with van der Waals surface area (Å²) in [6, 6.07) is 9.63. The van der Waals surface area contributed by atoms with Crippen LogP contribution in [0.5, 0.6) is 0 Å². The average Bonchev–Trinajstić information content (AvgIpc) is 2.47. The fourth-order valence-electron chi connectivity index (χ4n) is 3.42. The van der Waals surface area contributed by atoms with Crippen LogP contribution in [0.4, 0.5) is 0 Å². The number of hydrogen-bond donors (Lipinski definition) is 1. The molecular weight excluding hydrogens is 236 g/mol. The van der Waals surface area contributed by atoms with Gasteiger partial charge in [0.1, 0.15) is 0 Å². The van der Waals surface area contributed by atoms with E-state index >= 15 is 0 Å². The molecule has 1 heterocycles. The van der Waals surface area contributed by atoms with Gasteiger partial charge in [-0.25, -0.2) is 0 Å². The Morgan fingerprint density at radius 3 is 3.00 bits per heavy atom. The van der Waals surface area contributed by atoms with Crippen LogP contribution < -0.4 is 5.32 Å². The van der Waals surface area contributed by atoms with Crippen molar-refractivity contribution < 1.29 is 4.74 Å². The maximum atomic E-state index is 5.80. The molecule has 1 aliphatic heterocycles. The van der Waals surface area contributed by atoms with E-state index in [1.54, 1.807) is 11.1 Å². The number of hydrogen-bond acceptors (Lipinski definition) is 3. The Balaban J connectivity index is 1.64. The molecule has 3 nitrogen and oxygen atoms in total. The van der Waals surface area contributed by atoms with Crippen molar-refractivity contribution in [1.29, 1.82) is 0 Å². The predicted molar refractivity (Wildman–Crippen MR) is 77.5 cm³/mol. The van der Waals surface area contributed by atoms with E-state index in [1.165, 1.54) is 19.3 Å². The molecule has 3 heteroatoms. The number of nitrogens with one attached hydrogen (secondary N) is 1. The van der Waals surface area contributed by atoms with Gasteiger partial charge in [0.25, 0.3) is 0 Å². The van der Waals surface area contributed by atoms with E-state index in [0.717, 1.165) is 26.2 Å². The molecule has 1 aliphatic carbocycles.